The Hall–Kier alpha value is -1.13. The summed E-state index contributed by atoms with van der Waals surface area (Å²) in [7, 11) is 1.71. The zero-order valence-corrected chi connectivity index (χ0v) is 7.89. The summed E-state index contributed by atoms with van der Waals surface area (Å²) in [4.78, 5) is 3.92. The molecule has 0 fully saturated rings. The van der Waals surface area contributed by atoms with Gasteiger partial charge >= 0.3 is 0 Å². The van der Waals surface area contributed by atoms with Crippen LogP contribution in [0.3, 0.4) is 0 Å². The molecule has 4 nitrogen and oxygen atoms in total. The van der Waals surface area contributed by atoms with Gasteiger partial charge in [-0.1, -0.05) is 11.6 Å². The SMILES string of the molecule is CNc1c(C=N)cc(Cl)nc1CO. The molecule has 1 aromatic rings. The van der Waals surface area contributed by atoms with E-state index in [1.54, 1.807) is 13.1 Å². The fourth-order valence-electron chi connectivity index (χ4n) is 1.10. The third-order valence-corrected chi connectivity index (χ3v) is 1.84. The Morgan fingerprint density at radius 3 is 2.92 bits per heavy atom. The molecule has 13 heavy (non-hydrogen) atoms. The van der Waals surface area contributed by atoms with Gasteiger partial charge in [-0.05, 0) is 6.07 Å². The van der Waals surface area contributed by atoms with E-state index in [0.717, 1.165) is 0 Å². The van der Waals surface area contributed by atoms with Crippen molar-refractivity contribution < 1.29 is 5.11 Å². The van der Waals surface area contributed by atoms with Crippen LogP contribution >= 0.6 is 11.6 Å². The number of nitrogens with zero attached hydrogens (tertiary/aromatic N) is 1. The summed E-state index contributed by atoms with van der Waals surface area (Å²) in [6.45, 7) is -0.197. The lowest BCUT2D eigenvalue weighted by Gasteiger charge is -2.09. The highest BCUT2D eigenvalue weighted by atomic mass is 35.5. The molecule has 0 aliphatic heterocycles. The molecule has 70 valence electrons. The second kappa shape index (κ2) is 4.20. The summed E-state index contributed by atoms with van der Waals surface area (Å²) in [6, 6.07) is 1.57. The van der Waals surface area contributed by atoms with Gasteiger partial charge in [0.15, 0.2) is 0 Å². The summed E-state index contributed by atoms with van der Waals surface area (Å²) in [5.41, 5.74) is 1.71. The number of halogens is 1. The number of hydrogen-bond donors (Lipinski definition) is 3. The van der Waals surface area contributed by atoms with Gasteiger partial charge in [0.25, 0.3) is 0 Å². The highest BCUT2D eigenvalue weighted by Gasteiger charge is 2.07. The second-order valence-electron chi connectivity index (χ2n) is 2.41. The molecule has 0 radical (unpaired) electrons. The minimum absolute atomic E-state index is 0.197. The first-order chi connectivity index (χ1) is 6.22. The number of aromatic nitrogens is 1. The van der Waals surface area contributed by atoms with Crippen LogP contribution in [0.5, 0.6) is 0 Å². The maximum atomic E-state index is 8.96. The first kappa shape index (κ1) is 9.95. The van der Waals surface area contributed by atoms with Crippen molar-refractivity contribution in [1.29, 1.82) is 5.41 Å². The maximum Gasteiger partial charge on any atom is 0.130 e. The molecule has 0 amide bonds. The van der Waals surface area contributed by atoms with Crippen LogP contribution in [0.25, 0.3) is 0 Å². The minimum Gasteiger partial charge on any atom is -0.390 e. The van der Waals surface area contributed by atoms with E-state index >= 15 is 0 Å². The smallest absolute Gasteiger partial charge is 0.130 e. The molecule has 1 aromatic heterocycles. The van der Waals surface area contributed by atoms with E-state index < -0.39 is 0 Å². The zero-order valence-electron chi connectivity index (χ0n) is 7.13. The van der Waals surface area contributed by atoms with Crippen LogP contribution in [0.15, 0.2) is 6.07 Å². The Kier molecular flexibility index (Phi) is 3.22. The van der Waals surface area contributed by atoms with Crippen molar-refractivity contribution in [2.75, 3.05) is 12.4 Å². The van der Waals surface area contributed by atoms with E-state index in [2.05, 4.69) is 10.3 Å². The number of hydrogen-bond acceptors (Lipinski definition) is 4. The summed E-state index contributed by atoms with van der Waals surface area (Å²) in [5, 5.41) is 19.2. The summed E-state index contributed by atoms with van der Waals surface area (Å²) < 4.78 is 0. The Balaban J connectivity index is 3.33. The van der Waals surface area contributed by atoms with Crippen LogP contribution in [0.1, 0.15) is 11.3 Å². The van der Waals surface area contributed by atoms with Gasteiger partial charge < -0.3 is 15.8 Å². The Morgan fingerprint density at radius 2 is 2.46 bits per heavy atom. The lowest BCUT2D eigenvalue weighted by molar-refractivity contribution is 0.277. The molecule has 0 atom stereocenters. The standard InChI is InChI=1S/C8H10ClN3O/c1-11-8-5(3-10)2-7(9)12-6(8)4-13/h2-3,10-11,13H,4H2,1H3. The largest absolute Gasteiger partial charge is 0.390 e. The van der Waals surface area contributed by atoms with Crippen LogP contribution in [-0.4, -0.2) is 23.4 Å². The highest BCUT2D eigenvalue weighted by Crippen LogP contribution is 2.21. The summed E-state index contributed by atoms with van der Waals surface area (Å²) in [5.74, 6) is 0. The first-order valence-electron chi connectivity index (χ1n) is 3.71. The lowest BCUT2D eigenvalue weighted by Crippen LogP contribution is -2.03. The molecular formula is C8H10ClN3O. The number of aliphatic hydroxyl groups is 1. The Morgan fingerprint density at radius 1 is 1.77 bits per heavy atom. The van der Waals surface area contributed by atoms with E-state index in [9.17, 15) is 0 Å². The van der Waals surface area contributed by atoms with Crippen molar-refractivity contribution >= 4 is 23.5 Å². The van der Waals surface area contributed by atoms with Crippen LogP contribution < -0.4 is 5.32 Å². The molecule has 0 unspecified atom stereocenters. The molecule has 0 aromatic carbocycles. The average molecular weight is 200 g/mol. The predicted octanol–water partition coefficient (Wildman–Crippen LogP) is 1.27. The summed E-state index contributed by atoms with van der Waals surface area (Å²) in [6.07, 6.45) is 1.17. The number of rotatable bonds is 3. The molecule has 0 aliphatic rings. The molecule has 0 saturated heterocycles. The molecule has 1 rings (SSSR count). The van der Waals surface area contributed by atoms with Crippen LogP contribution in [0, 0.1) is 5.41 Å². The molecule has 0 aliphatic carbocycles. The van der Waals surface area contributed by atoms with Gasteiger partial charge in [0.05, 0.1) is 18.0 Å². The fourth-order valence-corrected chi connectivity index (χ4v) is 1.32. The van der Waals surface area contributed by atoms with Gasteiger partial charge in [-0.15, -0.1) is 0 Å². The maximum absolute atomic E-state index is 8.96. The van der Waals surface area contributed by atoms with Crippen molar-refractivity contribution in [3.8, 4) is 0 Å². The first-order valence-corrected chi connectivity index (χ1v) is 4.09. The van der Waals surface area contributed by atoms with Crippen molar-refractivity contribution in [2.24, 2.45) is 0 Å². The molecule has 0 bridgehead atoms. The normalized spacial score (nSPS) is 9.77. The fraction of sp³-hybridized carbons (Fsp3) is 0.250. The Labute approximate surface area is 81.1 Å². The molecule has 5 heteroatoms. The number of pyridine rings is 1. The lowest BCUT2D eigenvalue weighted by atomic mass is 10.2. The third kappa shape index (κ3) is 1.96. The number of nitrogens with one attached hydrogen (secondary N) is 2. The quantitative estimate of drug-likeness (QED) is 0.507. The summed E-state index contributed by atoms with van der Waals surface area (Å²) >= 11 is 5.68. The predicted molar refractivity (Wildman–Crippen MR) is 52.6 cm³/mol. The number of anilines is 1. The number of aliphatic hydroxyl groups excluding tert-OH is 1. The van der Waals surface area contributed by atoms with E-state index in [0.29, 0.717) is 16.9 Å². The Bertz CT molecular complexity index is 327. The topological polar surface area (TPSA) is 69.0 Å². The molecular weight excluding hydrogens is 190 g/mol. The van der Waals surface area contributed by atoms with E-state index in [1.165, 1.54) is 6.21 Å². The molecule has 0 spiro atoms. The van der Waals surface area contributed by atoms with Crippen molar-refractivity contribution in [3.63, 3.8) is 0 Å². The molecule has 0 saturated carbocycles. The van der Waals surface area contributed by atoms with E-state index in [1.807, 2.05) is 0 Å². The third-order valence-electron chi connectivity index (χ3n) is 1.65. The van der Waals surface area contributed by atoms with Crippen LogP contribution in [0.2, 0.25) is 5.15 Å². The van der Waals surface area contributed by atoms with Gasteiger partial charge in [0.1, 0.15) is 5.15 Å². The van der Waals surface area contributed by atoms with E-state index in [4.69, 9.17) is 22.1 Å². The van der Waals surface area contributed by atoms with E-state index in [-0.39, 0.29) is 11.8 Å². The minimum atomic E-state index is -0.197. The second-order valence-corrected chi connectivity index (χ2v) is 2.80. The van der Waals surface area contributed by atoms with Crippen LogP contribution in [0.4, 0.5) is 5.69 Å². The monoisotopic (exact) mass is 199 g/mol. The van der Waals surface area contributed by atoms with Gasteiger partial charge in [-0.3, -0.25) is 0 Å². The van der Waals surface area contributed by atoms with Gasteiger partial charge in [-0.25, -0.2) is 4.98 Å². The van der Waals surface area contributed by atoms with Gasteiger partial charge in [0, 0.05) is 18.8 Å². The zero-order chi connectivity index (χ0) is 9.84. The van der Waals surface area contributed by atoms with Gasteiger partial charge in [0.2, 0.25) is 0 Å². The van der Waals surface area contributed by atoms with Crippen LogP contribution in [-0.2, 0) is 6.61 Å². The molecule has 3 N–H and O–H groups in total. The van der Waals surface area contributed by atoms with Gasteiger partial charge in [-0.2, -0.15) is 0 Å². The van der Waals surface area contributed by atoms with Crippen molar-refractivity contribution in [1.82, 2.24) is 4.98 Å². The molecule has 1 heterocycles. The van der Waals surface area contributed by atoms with Crippen molar-refractivity contribution in [3.05, 3.63) is 22.5 Å². The highest BCUT2D eigenvalue weighted by molar-refractivity contribution is 6.29. The average Bonchev–Trinajstić information content (AvgIpc) is 2.16. The van der Waals surface area contributed by atoms with Crippen molar-refractivity contribution in [2.45, 2.75) is 6.61 Å².